The predicted octanol–water partition coefficient (Wildman–Crippen LogP) is 2.79. The maximum atomic E-state index is 12.5. The highest BCUT2D eigenvalue weighted by atomic mass is 16.8. The van der Waals surface area contributed by atoms with Gasteiger partial charge in [0, 0.05) is 30.8 Å². The van der Waals surface area contributed by atoms with E-state index in [1.54, 1.807) is 6.26 Å². The molecule has 0 amide bonds. The summed E-state index contributed by atoms with van der Waals surface area (Å²) in [4.78, 5) is 23.7. The summed E-state index contributed by atoms with van der Waals surface area (Å²) in [5, 5.41) is 0. The fraction of sp³-hybridized carbons (Fsp3) is 0.765. The highest BCUT2D eigenvalue weighted by Crippen LogP contribution is 2.53. The van der Waals surface area contributed by atoms with Crippen molar-refractivity contribution < 1.29 is 23.8 Å². The summed E-state index contributed by atoms with van der Waals surface area (Å²) in [7, 11) is 0. The van der Waals surface area contributed by atoms with Crippen molar-refractivity contribution in [1.29, 1.82) is 0 Å². The molecule has 1 aliphatic carbocycles. The molecular formula is C17H24O5. The smallest absolute Gasteiger partial charge is 0.304 e. The standard InChI is InChI=1S/C17H24O5/c1-9(2)4-7-14(19)13-8-20-17-15-11(13)5-6-12(15)16(22-17)21-10(3)18/h8-9,11-12,15-17H,4-7H2,1-3H3/t11-,12+,15-,16+,17+/m0/s1. The van der Waals surface area contributed by atoms with Gasteiger partial charge in [0.15, 0.2) is 5.78 Å². The van der Waals surface area contributed by atoms with Crippen LogP contribution in [0, 0.1) is 23.7 Å². The van der Waals surface area contributed by atoms with Gasteiger partial charge in [0.1, 0.15) is 0 Å². The normalized spacial score (nSPS) is 35.8. The Balaban J connectivity index is 1.70. The second kappa shape index (κ2) is 6.03. The summed E-state index contributed by atoms with van der Waals surface area (Å²) in [6.45, 7) is 5.63. The number of hydrogen-bond donors (Lipinski definition) is 0. The molecule has 5 heteroatoms. The molecule has 0 radical (unpaired) electrons. The second-order valence-electron chi connectivity index (χ2n) is 6.97. The molecule has 0 spiro atoms. The van der Waals surface area contributed by atoms with Crippen LogP contribution in [0.3, 0.4) is 0 Å². The number of allylic oxidation sites excluding steroid dienone is 1. The third kappa shape index (κ3) is 2.78. The van der Waals surface area contributed by atoms with Gasteiger partial charge in [-0.25, -0.2) is 0 Å². The topological polar surface area (TPSA) is 61.8 Å². The maximum absolute atomic E-state index is 12.5. The molecule has 0 unspecified atom stereocenters. The molecule has 122 valence electrons. The van der Waals surface area contributed by atoms with E-state index in [0.29, 0.717) is 12.3 Å². The molecule has 0 bridgehead atoms. The average molecular weight is 308 g/mol. The molecule has 5 nitrogen and oxygen atoms in total. The fourth-order valence-corrected chi connectivity index (χ4v) is 3.92. The third-order valence-corrected chi connectivity index (χ3v) is 4.98. The highest BCUT2D eigenvalue weighted by Gasteiger charge is 2.57. The number of hydrogen-bond acceptors (Lipinski definition) is 5. The molecule has 2 fully saturated rings. The highest BCUT2D eigenvalue weighted by molar-refractivity contribution is 5.95. The van der Waals surface area contributed by atoms with Crippen molar-refractivity contribution in [1.82, 2.24) is 0 Å². The minimum absolute atomic E-state index is 0.132. The van der Waals surface area contributed by atoms with Crippen LogP contribution in [0.15, 0.2) is 11.8 Å². The van der Waals surface area contributed by atoms with Crippen LogP contribution in [0.25, 0.3) is 0 Å². The van der Waals surface area contributed by atoms with E-state index in [0.717, 1.165) is 24.8 Å². The summed E-state index contributed by atoms with van der Waals surface area (Å²) in [6, 6.07) is 0. The zero-order valence-corrected chi connectivity index (χ0v) is 13.4. The van der Waals surface area contributed by atoms with E-state index in [-0.39, 0.29) is 35.8 Å². The van der Waals surface area contributed by atoms with E-state index in [4.69, 9.17) is 14.2 Å². The molecule has 0 aromatic rings. The van der Waals surface area contributed by atoms with E-state index in [2.05, 4.69) is 13.8 Å². The Kier molecular flexibility index (Phi) is 4.26. The lowest BCUT2D eigenvalue weighted by atomic mass is 9.81. The Labute approximate surface area is 131 Å². The SMILES string of the molecule is CC(=O)O[C@@H]1O[C@H]2OC=C(C(=O)CCC(C)C)[C@@H]3CC[C@@H]1[C@@H]23. The summed E-state index contributed by atoms with van der Waals surface area (Å²) in [6.07, 6.45) is 3.98. The van der Waals surface area contributed by atoms with Gasteiger partial charge in [-0.1, -0.05) is 13.8 Å². The molecule has 22 heavy (non-hydrogen) atoms. The molecule has 2 heterocycles. The van der Waals surface area contributed by atoms with Crippen molar-refractivity contribution in [2.45, 2.75) is 59.0 Å². The first kappa shape index (κ1) is 15.5. The zero-order chi connectivity index (χ0) is 15.9. The molecule has 0 aromatic heterocycles. The van der Waals surface area contributed by atoms with Gasteiger partial charge in [-0.15, -0.1) is 0 Å². The van der Waals surface area contributed by atoms with Crippen LogP contribution >= 0.6 is 0 Å². The summed E-state index contributed by atoms with van der Waals surface area (Å²) in [5.74, 6) is 0.820. The van der Waals surface area contributed by atoms with Crippen molar-refractivity contribution in [2.24, 2.45) is 23.7 Å². The van der Waals surface area contributed by atoms with Gasteiger partial charge in [-0.2, -0.15) is 0 Å². The Hall–Kier alpha value is -1.36. The number of carbonyl (C=O) groups excluding carboxylic acids is 2. The van der Waals surface area contributed by atoms with Crippen LogP contribution in [0.2, 0.25) is 0 Å². The molecule has 3 rings (SSSR count). The van der Waals surface area contributed by atoms with Crippen LogP contribution in [-0.4, -0.2) is 24.3 Å². The third-order valence-electron chi connectivity index (χ3n) is 4.98. The largest absolute Gasteiger partial charge is 0.472 e. The fourth-order valence-electron chi connectivity index (χ4n) is 3.92. The van der Waals surface area contributed by atoms with Crippen molar-refractivity contribution in [2.75, 3.05) is 0 Å². The minimum atomic E-state index is -0.531. The predicted molar refractivity (Wildman–Crippen MR) is 78.4 cm³/mol. The Morgan fingerprint density at radius 1 is 1.36 bits per heavy atom. The van der Waals surface area contributed by atoms with E-state index in [1.165, 1.54) is 6.92 Å². The van der Waals surface area contributed by atoms with E-state index < -0.39 is 6.29 Å². The lowest BCUT2D eigenvalue weighted by Crippen LogP contribution is -2.32. The molecule has 1 saturated heterocycles. The molecule has 2 aliphatic heterocycles. The molecule has 0 N–H and O–H groups in total. The summed E-state index contributed by atoms with van der Waals surface area (Å²) in [5.41, 5.74) is 0.802. The Bertz CT molecular complexity index is 495. The van der Waals surface area contributed by atoms with E-state index in [1.807, 2.05) is 0 Å². The van der Waals surface area contributed by atoms with Crippen molar-refractivity contribution >= 4 is 11.8 Å². The van der Waals surface area contributed by atoms with Crippen LogP contribution in [0.1, 0.15) is 46.5 Å². The Morgan fingerprint density at radius 3 is 2.82 bits per heavy atom. The van der Waals surface area contributed by atoms with Gasteiger partial charge in [-0.3, -0.25) is 9.59 Å². The maximum Gasteiger partial charge on any atom is 0.304 e. The molecule has 0 aromatic carbocycles. The first-order valence-corrected chi connectivity index (χ1v) is 8.18. The van der Waals surface area contributed by atoms with E-state index in [9.17, 15) is 9.59 Å². The zero-order valence-electron chi connectivity index (χ0n) is 13.4. The van der Waals surface area contributed by atoms with Gasteiger partial charge >= 0.3 is 5.97 Å². The lowest BCUT2D eigenvalue weighted by Gasteiger charge is -2.29. The van der Waals surface area contributed by atoms with Crippen LogP contribution in [0.4, 0.5) is 0 Å². The molecule has 5 atom stereocenters. The number of rotatable bonds is 5. The van der Waals surface area contributed by atoms with Gasteiger partial charge < -0.3 is 14.2 Å². The number of ketones is 1. The second-order valence-corrected chi connectivity index (χ2v) is 6.97. The van der Waals surface area contributed by atoms with Crippen molar-refractivity contribution in [3.63, 3.8) is 0 Å². The first-order chi connectivity index (χ1) is 10.5. The number of ether oxygens (including phenoxy) is 3. The van der Waals surface area contributed by atoms with Crippen molar-refractivity contribution in [3.05, 3.63) is 11.8 Å². The van der Waals surface area contributed by atoms with Crippen LogP contribution < -0.4 is 0 Å². The van der Waals surface area contributed by atoms with Gasteiger partial charge in [0.2, 0.25) is 12.6 Å². The first-order valence-electron chi connectivity index (χ1n) is 8.18. The van der Waals surface area contributed by atoms with Crippen LogP contribution in [0.5, 0.6) is 0 Å². The van der Waals surface area contributed by atoms with Gasteiger partial charge in [0.25, 0.3) is 0 Å². The van der Waals surface area contributed by atoms with Gasteiger partial charge in [0.05, 0.1) is 6.26 Å². The molecular weight excluding hydrogens is 284 g/mol. The molecule has 1 saturated carbocycles. The molecule has 3 aliphatic rings. The number of carbonyl (C=O) groups is 2. The monoisotopic (exact) mass is 308 g/mol. The summed E-state index contributed by atoms with van der Waals surface area (Å²) >= 11 is 0. The number of Topliss-reactive ketones (excluding diaryl/α,β-unsaturated/α-hetero) is 1. The number of esters is 1. The van der Waals surface area contributed by atoms with Crippen LogP contribution in [-0.2, 0) is 23.8 Å². The van der Waals surface area contributed by atoms with Crippen molar-refractivity contribution in [3.8, 4) is 0 Å². The Morgan fingerprint density at radius 2 is 2.14 bits per heavy atom. The summed E-state index contributed by atoms with van der Waals surface area (Å²) < 4.78 is 16.6. The van der Waals surface area contributed by atoms with E-state index >= 15 is 0 Å². The lowest BCUT2D eigenvalue weighted by molar-refractivity contribution is -0.208. The average Bonchev–Trinajstić information content (AvgIpc) is 3.02. The van der Waals surface area contributed by atoms with Gasteiger partial charge in [-0.05, 0) is 31.1 Å². The quantitative estimate of drug-likeness (QED) is 0.731. The minimum Gasteiger partial charge on any atom is -0.472 e.